The number of carbonyl (C=O) groups excluding carboxylic acids is 1. The molecule has 1 saturated carbocycles. The maximum atomic E-state index is 12.7. The molecule has 3 aromatic rings. The number of ether oxygens (including phenoxy) is 2. The third-order valence-electron chi connectivity index (χ3n) is 5.71. The first-order chi connectivity index (χ1) is 15.6. The van der Waals surface area contributed by atoms with Crippen molar-refractivity contribution in [1.29, 1.82) is 0 Å². The van der Waals surface area contributed by atoms with E-state index in [9.17, 15) is 4.79 Å². The van der Waals surface area contributed by atoms with E-state index in [1.807, 2.05) is 18.2 Å². The molecular formula is C24H26ClN3O3S. The number of nitrogens with zero attached hydrogens (tertiary/aromatic N) is 3. The second kappa shape index (κ2) is 10.4. The molecule has 0 saturated heterocycles. The number of hydrogen-bond donors (Lipinski definition) is 0. The first-order valence-corrected chi connectivity index (χ1v) is 12.1. The van der Waals surface area contributed by atoms with E-state index >= 15 is 0 Å². The van der Waals surface area contributed by atoms with E-state index in [0.717, 1.165) is 29.4 Å². The van der Waals surface area contributed by atoms with Gasteiger partial charge in [-0.3, -0.25) is 9.36 Å². The van der Waals surface area contributed by atoms with Crippen LogP contribution in [0.25, 0.3) is 11.4 Å². The summed E-state index contributed by atoms with van der Waals surface area (Å²) < 4.78 is 13.1. The van der Waals surface area contributed by atoms with Gasteiger partial charge >= 0.3 is 0 Å². The van der Waals surface area contributed by atoms with Gasteiger partial charge in [-0.15, -0.1) is 10.2 Å². The van der Waals surface area contributed by atoms with Crippen LogP contribution >= 0.6 is 23.4 Å². The van der Waals surface area contributed by atoms with Crippen LogP contribution < -0.4 is 9.47 Å². The number of ketones is 1. The van der Waals surface area contributed by atoms with Crippen molar-refractivity contribution in [2.45, 2.75) is 43.3 Å². The summed E-state index contributed by atoms with van der Waals surface area (Å²) in [5.41, 5.74) is 1.53. The van der Waals surface area contributed by atoms with Crippen LogP contribution in [0.2, 0.25) is 5.02 Å². The highest BCUT2D eigenvalue weighted by Gasteiger charge is 2.25. The highest BCUT2D eigenvalue weighted by Crippen LogP contribution is 2.37. The Morgan fingerprint density at radius 1 is 1.03 bits per heavy atom. The lowest BCUT2D eigenvalue weighted by molar-refractivity contribution is 0.102. The van der Waals surface area contributed by atoms with Crippen molar-refractivity contribution in [3.8, 4) is 22.9 Å². The molecule has 1 fully saturated rings. The zero-order chi connectivity index (χ0) is 22.5. The molecule has 8 heteroatoms. The normalized spacial score (nSPS) is 14.3. The Labute approximate surface area is 197 Å². The van der Waals surface area contributed by atoms with Crippen molar-refractivity contribution >= 4 is 29.1 Å². The van der Waals surface area contributed by atoms with Crippen LogP contribution in [0.4, 0.5) is 0 Å². The summed E-state index contributed by atoms with van der Waals surface area (Å²) >= 11 is 7.37. The molecule has 0 amide bonds. The number of halogens is 1. The highest BCUT2D eigenvalue weighted by atomic mass is 35.5. The molecular weight excluding hydrogens is 446 g/mol. The lowest BCUT2D eigenvalue weighted by Crippen LogP contribution is -2.15. The van der Waals surface area contributed by atoms with Crippen LogP contribution in [0.15, 0.2) is 47.6 Å². The van der Waals surface area contributed by atoms with E-state index < -0.39 is 0 Å². The van der Waals surface area contributed by atoms with Crippen LogP contribution in [0, 0.1) is 0 Å². The Morgan fingerprint density at radius 3 is 2.31 bits per heavy atom. The molecule has 4 rings (SSSR count). The van der Waals surface area contributed by atoms with Gasteiger partial charge in [0.1, 0.15) is 11.5 Å². The maximum absolute atomic E-state index is 12.7. The minimum atomic E-state index is 0.0365. The van der Waals surface area contributed by atoms with Crippen LogP contribution in [-0.4, -0.2) is 40.5 Å². The first kappa shape index (κ1) is 22.7. The highest BCUT2D eigenvalue weighted by molar-refractivity contribution is 7.99. The Morgan fingerprint density at radius 2 is 1.69 bits per heavy atom. The van der Waals surface area contributed by atoms with Gasteiger partial charge in [0.25, 0.3) is 0 Å². The largest absolute Gasteiger partial charge is 0.497 e. The molecule has 0 aliphatic heterocycles. The maximum Gasteiger partial charge on any atom is 0.192 e. The summed E-state index contributed by atoms with van der Waals surface area (Å²) in [6, 6.07) is 13.0. The topological polar surface area (TPSA) is 66.2 Å². The number of carbonyl (C=O) groups is 1. The summed E-state index contributed by atoms with van der Waals surface area (Å²) in [5.74, 6) is 2.49. The summed E-state index contributed by atoms with van der Waals surface area (Å²) in [6.07, 6.45) is 5.75. The molecule has 1 aliphatic carbocycles. The molecule has 0 N–H and O–H groups in total. The summed E-state index contributed by atoms with van der Waals surface area (Å²) in [4.78, 5) is 12.7. The molecule has 1 aliphatic rings. The number of aromatic nitrogens is 3. The molecule has 0 unspecified atom stereocenters. The van der Waals surface area contributed by atoms with E-state index in [1.165, 1.54) is 31.0 Å². The van der Waals surface area contributed by atoms with E-state index in [-0.39, 0.29) is 11.5 Å². The Hall–Kier alpha value is -2.51. The zero-order valence-corrected chi connectivity index (χ0v) is 19.8. The van der Waals surface area contributed by atoms with Gasteiger partial charge in [0.05, 0.1) is 20.0 Å². The number of hydrogen-bond acceptors (Lipinski definition) is 6. The number of thioether (sulfide) groups is 1. The Kier molecular flexibility index (Phi) is 7.37. The van der Waals surface area contributed by atoms with Crippen LogP contribution in [0.5, 0.6) is 11.5 Å². The average Bonchev–Trinajstić information content (AvgIpc) is 3.27. The average molecular weight is 472 g/mol. The summed E-state index contributed by atoms with van der Waals surface area (Å²) in [7, 11) is 3.27. The Balaban J connectivity index is 1.65. The lowest BCUT2D eigenvalue weighted by atomic mass is 9.95. The smallest absolute Gasteiger partial charge is 0.192 e. The molecule has 2 aromatic carbocycles. The number of benzene rings is 2. The fraction of sp³-hybridized carbons (Fsp3) is 0.375. The predicted molar refractivity (Wildman–Crippen MR) is 127 cm³/mol. The number of Topliss-reactive ketones (excluding diaryl/α,β-unsaturated/α-hetero) is 1. The van der Waals surface area contributed by atoms with Gasteiger partial charge in [0, 0.05) is 28.3 Å². The molecule has 32 heavy (non-hydrogen) atoms. The van der Waals surface area contributed by atoms with Gasteiger partial charge in [-0.05, 0) is 49.2 Å². The number of methoxy groups -OCH3 is 2. The van der Waals surface area contributed by atoms with Crippen LogP contribution in [0.1, 0.15) is 48.5 Å². The van der Waals surface area contributed by atoms with Crippen molar-refractivity contribution in [3.05, 3.63) is 53.1 Å². The fourth-order valence-corrected chi connectivity index (χ4v) is 5.05. The van der Waals surface area contributed by atoms with Crippen LogP contribution in [-0.2, 0) is 0 Å². The molecule has 168 valence electrons. The van der Waals surface area contributed by atoms with E-state index in [0.29, 0.717) is 28.1 Å². The van der Waals surface area contributed by atoms with Gasteiger partial charge in [0.2, 0.25) is 0 Å². The van der Waals surface area contributed by atoms with Crippen molar-refractivity contribution in [3.63, 3.8) is 0 Å². The lowest BCUT2D eigenvalue weighted by Gasteiger charge is -2.25. The molecule has 0 radical (unpaired) electrons. The van der Waals surface area contributed by atoms with Gasteiger partial charge in [0.15, 0.2) is 16.8 Å². The van der Waals surface area contributed by atoms with Crippen molar-refractivity contribution in [1.82, 2.24) is 14.8 Å². The first-order valence-electron chi connectivity index (χ1n) is 10.7. The molecule has 1 aromatic heterocycles. The molecule has 0 spiro atoms. The van der Waals surface area contributed by atoms with Crippen molar-refractivity contribution < 1.29 is 14.3 Å². The fourth-order valence-electron chi connectivity index (χ4n) is 4.03. The number of rotatable bonds is 8. The van der Waals surface area contributed by atoms with E-state index in [1.54, 1.807) is 38.5 Å². The quantitative estimate of drug-likeness (QED) is 0.292. The minimum Gasteiger partial charge on any atom is -0.497 e. The predicted octanol–water partition coefficient (Wildman–Crippen LogP) is 6.10. The van der Waals surface area contributed by atoms with Gasteiger partial charge in [-0.25, -0.2) is 0 Å². The standard InChI is InChI=1S/C24H26ClN3O3S/c1-30-20-12-17(13-21(14-20)31-2)23-26-27-24(28(23)19-6-4-3-5-7-19)32-15-22(29)16-8-10-18(25)11-9-16/h8-14,19H,3-7,15H2,1-2H3. The third kappa shape index (κ3) is 5.10. The van der Waals surface area contributed by atoms with Gasteiger partial charge < -0.3 is 9.47 Å². The third-order valence-corrected chi connectivity index (χ3v) is 6.91. The van der Waals surface area contributed by atoms with Gasteiger partial charge in [-0.2, -0.15) is 0 Å². The molecule has 1 heterocycles. The van der Waals surface area contributed by atoms with Crippen molar-refractivity contribution in [2.24, 2.45) is 0 Å². The van der Waals surface area contributed by atoms with Crippen LogP contribution in [0.3, 0.4) is 0 Å². The SMILES string of the molecule is COc1cc(OC)cc(-c2nnc(SCC(=O)c3ccc(Cl)cc3)n2C2CCCCC2)c1. The van der Waals surface area contributed by atoms with E-state index in [2.05, 4.69) is 14.8 Å². The zero-order valence-electron chi connectivity index (χ0n) is 18.2. The monoisotopic (exact) mass is 471 g/mol. The summed E-state index contributed by atoms with van der Waals surface area (Å²) in [6.45, 7) is 0. The minimum absolute atomic E-state index is 0.0365. The second-order valence-corrected chi connectivity index (χ2v) is 9.17. The van der Waals surface area contributed by atoms with Crippen molar-refractivity contribution in [2.75, 3.05) is 20.0 Å². The Bertz CT molecular complexity index is 1060. The summed E-state index contributed by atoms with van der Waals surface area (Å²) in [5, 5.41) is 10.4. The molecule has 0 atom stereocenters. The van der Waals surface area contributed by atoms with Gasteiger partial charge in [-0.1, -0.05) is 42.6 Å². The molecule has 0 bridgehead atoms. The molecule has 6 nitrogen and oxygen atoms in total. The second-order valence-electron chi connectivity index (χ2n) is 7.79. The van der Waals surface area contributed by atoms with E-state index in [4.69, 9.17) is 21.1 Å².